The number of fused-ring (bicyclic) bond motifs is 1. The molecule has 0 aromatic heterocycles. The number of carbonyl (C=O) groups excluding carboxylic acids is 1. The van der Waals surface area contributed by atoms with E-state index >= 15 is 0 Å². The standard InChI is InChI=1S/C36H27F9N2O4/c1-17-11-19(32(48)49)3-6-24(17)18-4-10-30(51-2)27(14-18)25-7-5-21(34(37,38)39)16-26(25)28-8-9-29-31(46-33(50)47(28)29)20-12-22(35(40,41)42)15-23(13-20)36(43,44)45/h3-7,10-16,28-29,31H,8-9H2,1-2H3,(H,46,50)(H,48,49)/t28-,29-,31+/m0/s1. The molecule has 2 aliphatic rings. The summed E-state index contributed by atoms with van der Waals surface area (Å²) in [5.41, 5.74) is -2.16. The normalized spacial score (nSPS) is 19.2. The first-order valence-electron chi connectivity index (χ1n) is 15.4. The third-order valence-corrected chi connectivity index (χ3v) is 9.31. The molecule has 6 nitrogen and oxygen atoms in total. The predicted molar refractivity (Wildman–Crippen MR) is 166 cm³/mol. The first-order chi connectivity index (χ1) is 23.8. The molecule has 2 fully saturated rings. The van der Waals surface area contributed by atoms with Gasteiger partial charge in [-0.1, -0.05) is 18.2 Å². The topological polar surface area (TPSA) is 78.9 Å². The van der Waals surface area contributed by atoms with Crippen molar-refractivity contribution in [3.8, 4) is 28.0 Å². The summed E-state index contributed by atoms with van der Waals surface area (Å²) in [7, 11) is 1.35. The maximum absolute atomic E-state index is 14.1. The summed E-state index contributed by atoms with van der Waals surface area (Å²) in [5.74, 6) is -0.882. The van der Waals surface area contributed by atoms with Crippen LogP contribution in [0.3, 0.4) is 0 Å². The third kappa shape index (κ3) is 6.68. The summed E-state index contributed by atoms with van der Waals surface area (Å²) in [6, 6.07) is 9.15. The number of alkyl halides is 9. The molecule has 0 unspecified atom stereocenters. The smallest absolute Gasteiger partial charge is 0.416 e. The Bertz CT molecular complexity index is 2010. The molecule has 4 aromatic carbocycles. The molecule has 3 atom stereocenters. The fourth-order valence-electron chi connectivity index (χ4n) is 7.00. The summed E-state index contributed by atoms with van der Waals surface area (Å²) in [6.07, 6.45) is -15.0. The van der Waals surface area contributed by atoms with Gasteiger partial charge in [-0.2, -0.15) is 39.5 Å². The molecule has 2 amide bonds. The largest absolute Gasteiger partial charge is 0.496 e. The molecule has 4 aromatic rings. The molecule has 2 aliphatic heterocycles. The van der Waals surface area contributed by atoms with E-state index in [4.69, 9.17) is 4.74 Å². The Labute approximate surface area is 284 Å². The SMILES string of the molecule is COc1ccc(-c2ccc(C(=O)O)cc2C)cc1-c1ccc(C(F)(F)F)cc1[C@@H]1CC[C@H]2[C@@H](c3cc(C(F)(F)F)cc(C(F)(F)F)c3)NC(=O)N12. The summed E-state index contributed by atoms with van der Waals surface area (Å²) in [5, 5.41) is 11.8. The van der Waals surface area contributed by atoms with Crippen molar-refractivity contribution in [1.29, 1.82) is 0 Å². The molecule has 2 N–H and O–H groups in total. The average molecular weight is 723 g/mol. The maximum Gasteiger partial charge on any atom is 0.416 e. The van der Waals surface area contributed by atoms with Crippen molar-refractivity contribution >= 4 is 12.0 Å². The molecule has 0 bridgehead atoms. The number of halogens is 9. The minimum Gasteiger partial charge on any atom is -0.496 e. The Hall–Kier alpha value is -5.21. The van der Waals surface area contributed by atoms with Gasteiger partial charge in [-0.3, -0.25) is 0 Å². The number of methoxy groups -OCH3 is 1. The number of hydrogen-bond acceptors (Lipinski definition) is 3. The number of ether oxygens (including phenoxy) is 1. The van der Waals surface area contributed by atoms with E-state index < -0.39 is 70.9 Å². The van der Waals surface area contributed by atoms with Crippen LogP contribution in [0.4, 0.5) is 44.3 Å². The summed E-state index contributed by atoms with van der Waals surface area (Å²) < 4.78 is 130. The highest BCUT2D eigenvalue weighted by Crippen LogP contribution is 2.50. The van der Waals surface area contributed by atoms with Crippen LogP contribution in [0.2, 0.25) is 0 Å². The van der Waals surface area contributed by atoms with Crippen molar-refractivity contribution in [2.45, 2.75) is 56.4 Å². The van der Waals surface area contributed by atoms with Gasteiger partial charge >= 0.3 is 30.5 Å². The number of aromatic carboxylic acids is 1. The van der Waals surface area contributed by atoms with E-state index in [1.807, 2.05) is 0 Å². The van der Waals surface area contributed by atoms with Gasteiger partial charge in [0.15, 0.2) is 0 Å². The first-order valence-corrected chi connectivity index (χ1v) is 15.4. The second-order valence-electron chi connectivity index (χ2n) is 12.4. The molecule has 51 heavy (non-hydrogen) atoms. The van der Waals surface area contributed by atoms with Crippen LogP contribution in [0.1, 0.15) is 68.7 Å². The van der Waals surface area contributed by atoms with E-state index in [2.05, 4.69) is 5.32 Å². The Balaban J connectivity index is 1.46. The number of amides is 2. The van der Waals surface area contributed by atoms with Crippen molar-refractivity contribution in [3.63, 3.8) is 0 Å². The van der Waals surface area contributed by atoms with Crippen LogP contribution >= 0.6 is 0 Å². The Morgan fingerprint density at radius 2 is 1.39 bits per heavy atom. The second-order valence-corrected chi connectivity index (χ2v) is 12.4. The number of carboxylic acids is 1. The number of carboxylic acid groups (broad SMARTS) is 1. The number of aryl methyl sites for hydroxylation is 1. The number of urea groups is 1. The van der Waals surface area contributed by atoms with E-state index in [1.165, 1.54) is 30.2 Å². The highest BCUT2D eigenvalue weighted by atomic mass is 19.4. The zero-order chi connectivity index (χ0) is 37.2. The molecule has 2 saturated heterocycles. The number of rotatable bonds is 6. The van der Waals surface area contributed by atoms with Gasteiger partial charge in [-0.25, -0.2) is 9.59 Å². The van der Waals surface area contributed by atoms with Crippen LogP contribution in [-0.4, -0.2) is 35.2 Å². The quantitative estimate of drug-likeness (QED) is 0.194. The second kappa shape index (κ2) is 12.5. The molecular weight excluding hydrogens is 695 g/mol. The van der Waals surface area contributed by atoms with E-state index in [1.54, 1.807) is 31.2 Å². The van der Waals surface area contributed by atoms with Gasteiger partial charge in [0.1, 0.15) is 5.75 Å². The molecule has 6 rings (SSSR count). The van der Waals surface area contributed by atoms with Gasteiger partial charge in [-0.15, -0.1) is 0 Å². The van der Waals surface area contributed by atoms with Gasteiger partial charge in [-0.05, 0) is 108 Å². The molecule has 0 aliphatic carbocycles. The van der Waals surface area contributed by atoms with Crippen LogP contribution in [0.25, 0.3) is 22.3 Å². The minimum absolute atomic E-state index is 0.0199. The molecule has 0 saturated carbocycles. The number of benzene rings is 4. The lowest BCUT2D eigenvalue weighted by Gasteiger charge is -2.28. The molecule has 15 heteroatoms. The van der Waals surface area contributed by atoms with E-state index in [0.29, 0.717) is 34.4 Å². The third-order valence-electron chi connectivity index (χ3n) is 9.31. The van der Waals surface area contributed by atoms with Crippen molar-refractivity contribution in [3.05, 3.63) is 112 Å². The van der Waals surface area contributed by atoms with Crippen LogP contribution < -0.4 is 10.1 Å². The zero-order valence-corrected chi connectivity index (χ0v) is 26.6. The maximum atomic E-state index is 14.1. The van der Waals surface area contributed by atoms with Gasteiger partial charge in [0.05, 0.1) is 47.5 Å². The summed E-state index contributed by atoms with van der Waals surface area (Å²) in [6.45, 7) is 1.69. The van der Waals surface area contributed by atoms with Crippen LogP contribution in [0.5, 0.6) is 5.75 Å². The monoisotopic (exact) mass is 722 g/mol. The fourth-order valence-corrected chi connectivity index (χ4v) is 7.00. The van der Waals surface area contributed by atoms with Gasteiger partial charge in [0.2, 0.25) is 0 Å². The Kier molecular flexibility index (Phi) is 8.75. The zero-order valence-electron chi connectivity index (χ0n) is 26.6. The van der Waals surface area contributed by atoms with Crippen molar-refractivity contribution in [2.75, 3.05) is 7.11 Å². The Morgan fingerprint density at radius 1 is 0.765 bits per heavy atom. The molecular formula is C36H27F9N2O4. The first kappa shape index (κ1) is 35.6. The molecule has 2 heterocycles. The Morgan fingerprint density at radius 3 is 1.96 bits per heavy atom. The highest BCUT2D eigenvalue weighted by Gasteiger charge is 2.50. The van der Waals surface area contributed by atoms with E-state index in [9.17, 15) is 54.2 Å². The van der Waals surface area contributed by atoms with Gasteiger partial charge in [0.25, 0.3) is 0 Å². The number of hydrogen-bond donors (Lipinski definition) is 2. The lowest BCUT2D eigenvalue weighted by molar-refractivity contribution is -0.143. The van der Waals surface area contributed by atoms with Gasteiger partial charge < -0.3 is 20.1 Å². The highest BCUT2D eigenvalue weighted by molar-refractivity contribution is 5.89. The lowest BCUT2D eigenvalue weighted by Crippen LogP contribution is -2.32. The van der Waals surface area contributed by atoms with E-state index in [0.717, 1.165) is 12.1 Å². The van der Waals surface area contributed by atoms with Crippen LogP contribution in [0.15, 0.2) is 72.8 Å². The van der Waals surface area contributed by atoms with Crippen LogP contribution in [0, 0.1) is 6.92 Å². The molecule has 268 valence electrons. The lowest BCUT2D eigenvalue weighted by atomic mass is 9.89. The summed E-state index contributed by atoms with van der Waals surface area (Å²) in [4.78, 5) is 26.1. The fraction of sp³-hybridized carbons (Fsp3) is 0.278. The number of carbonyl (C=O) groups is 2. The summed E-state index contributed by atoms with van der Waals surface area (Å²) >= 11 is 0. The minimum atomic E-state index is -5.13. The van der Waals surface area contributed by atoms with Gasteiger partial charge in [0, 0.05) is 5.56 Å². The van der Waals surface area contributed by atoms with Crippen molar-refractivity contribution in [2.24, 2.45) is 0 Å². The van der Waals surface area contributed by atoms with E-state index in [-0.39, 0.29) is 41.3 Å². The number of nitrogens with zero attached hydrogens (tertiary/aromatic N) is 1. The number of nitrogens with one attached hydrogen (secondary N) is 1. The average Bonchev–Trinajstić information content (AvgIpc) is 3.63. The molecule has 0 spiro atoms. The van der Waals surface area contributed by atoms with Crippen molar-refractivity contribution in [1.82, 2.24) is 10.2 Å². The van der Waals surface area contributed by atoms with Crippen LogP contribution in [-0.2, 0) is 18.5 Å². The molecule has 0 radical (unpaired) electrons. The van der Waals surface area contributed by atoms with Crippen molar-refractivity contribution < 1.29 is 58.9 Å². The predicted octanol–water partition coefficient (Wildman–Crippen LogP) is 10.1.